The van der Waals surface area contributed by atoms with Gasteiger partial charge in [0.15, 0.2) is 11.6 Å². The fraction of sp³-hybridized carbons (Fsp3) is 0.250. The van der Waals surface area contributed by atoms with Crippen molar-refractivity contribution in [3.63, 3.8) is 0 Å². The van der Waals surface area contributed by atoms with E-state index in [1.807, 2.05) is 0 Å². The van der Waals surface area contributed by atoms with Gasteiger partial charge in [-0.3, -0.25) is 0 Å². The number of aliphatic hydroxyl groups excluding tert-OH is 1. The average Bonchev–Trinajstić information content (AvgIpc) is 2.12. The van der Waals surface area contributed by atoms with Crippen LogP contribution in [0.15, 0.2) is 12.1 Å². The molecular weight excluding hydrogens is 197 g/mol. The number of nitrogens with two attached hydrogens (primary N) is 1. The van der Waals surface area contributed by atoms with Crippen molar-refractivity contribution in [3.8, 4) is 5.75 Å². The largest absolute Gasteiger partial charge is 0.505 e. The molecule has 4 N–H and O–H groups in total. The van der Waals surface area contributed by atoms with Gasteiger partial charge in [-0.15, -0.1) is 0 Å². The molecule has 0 amide bonds. The van der Waals surface area contributed by atoms with Gasteiger partial charge in [-0.2, -0.15) is 0 Å². The second-order valence-electron chi connectivity index (χ2n) is 2.58. The lowest BCUT2D eigenvalue weighted by Gasteiger charge is -2.12. The summed E-state index contributed by atoms with van der Waals surface area (Å²) in [6.45, 7) is -0.406. The molecule has 0 aliphatic rings. The molecule has 0 bridgehead atoms. The lowest BCUT2D eigenvalue weighted by atomic mass is 10.1. The zero-order valence-corrected chi connectivity index (χ0v) is 7.42. The summed E-state index contributed by atoms with van der Waals surface area (Å²) in [7, 11) is 0. The maximum atomic E-state index is 12.8. The first kappa shape index (κ1) is 10.2. The maximum Gasteiger partial charge on any atom is 0.165 e. The average molecular weight is 206 g/mol. The van der Waals surface area contributed by atoms with Crippen molar-refractivity contribution in [2.75, 3.05) is 6.61 Å². The number of phenolic OH excluding ortho intramolecular Hbond substituents is 1. The molecule has 13 heavy (non-hydrogen) atoms. The lowest BCUT2D eigenvalue weighted by Crippen LogP contribution is -2.15. The van der Waals surface area contributed by atoms with Gasteiger partial charge in [0.05, 0.1) is 12.6 Å². The molecule has 1 rings (SSSR count). The van der Waals surface area contributed by atoms with Crippen LogP contribution >= 0.6 is 11.6 Å². The first-order chi connectivity index (χ1) is 6.07. The van der Waals surface area contributed by atoms with Crippen LogP contribution in [0.3, 0.4) is 0 Å². The minimum Gasteiger partial charge on any atom is -0.505 e. The Morgan fingerprint density at radius 1 is 1.54 bits per heavy atom. The Kier molecular flexibility index (Phi) is 3.08. The van der Waals surface area contributed by atoms with Crippen molar-refractivity contribution < 1.29 is 14.6 Å². The van der Waals surface area contributed by atoms with Crippen LogP contribution in [0.5, 0.6) is 5.75 Å². The number of halogens is 2. The van der Waals surface area contributed by atoms with Gasteiger partial charge in [0.1, 0.15) is 0 Å². The second-order valence-corrected chi connectivity index (χ2v) is 2.99. The monoisotopic (exact) mass is 205 g/mol. The maximum absolute atomic E-state index is 12.8. The van der Waals surface area contributed by atoms with Crippen molar-refractivity contribution >= 4 is 11.6 Å². The van der Waals surface area contributed by atoms with Crippen LogP contribution in [0.25, 0.3) is 0 Å². The highest BCUT2D eigenvalue weighted by molar-refractivity contribution is 6.31. The summed E-state index contributed by atoms with van der Waals surface area (Å²) in [6.07, 6.45) is 0. The molecule has 0 fully saturated rings. The zero-order valence-electron chi connectivity index (χ0n) is 6.67. The Labute approximate surface area is 79.6 Å². The summed E-state index contributed by atoms with van der Waals surface area (Å²) < 4.78 is 12.8. The summed E-state index contributed by atoms with van der Waals surface area (Å²) in [6, 6.07) is 1.44. The highest BCUT2D eigenvalue weighted by Gasteiger charge is 2.17. The summed E-state index contributed by atoms with van der Waals surface area (Å²) in [4.78, 5) is 0. The third kappa shape index (κ3) is 1.91. The van der Waals surface area contributed by atoms with Gasteiger partial charge in [-0.1, -0.05) is 11.6 Å². The van der Waals surface area contributed by atoms with Gasteiger partial charge in [-0.25, -0.2) is 4.39 Å². The molecule has 3 nitrogen and oxygen atoms in total. The van der Waals surface area contributed by atoms with E-state index in [0.29, 0.717) is 0 Å². The third-order valence-electron chi connectivity index (χ3n) is 1.68. The predicted molar refractivity (Wildman–Crippen MR) is 47.1 cm³/mol. The van der Waals surface area contributed by atoms with Crippen molar-refractivity contribution in [3.05, 3.63) is 28.5 Å². The summed E-state index contributed by atoms with van der Waals surface area (Å²) in [5, 5.41) is 18.1. The molecule has 1 aromatic rings. The van der Waals surface area contributed by atoms with Crippen LogP contribution in [0.2, 0.25) is 5.02 Å². The van der Waals surface area contributed by atoms with Gasteiger partial charge in [0, 0.05) is 10.6 Å². The fourth-order valence-electron chi connectivity index (χ4n) is 1.00. The van der Waals surface area contributed by atoms with Gasteiger partial charge in [-0.05, 0) is 12.1 Å². The third-order valence-corrected chi connectivity index (χ3v) is 2.01. The number of benzene rings is 1. The number of aromatic hydroxyl groups is 1. The SMILES string of the molecule is N[C@@H](CO)c1c(Cl)ccc(F)c1O. The van der Waals surface area contributed by atoms with Crippen molar-refractivity contribution in [2.45, 2.75) is 6.04 Å². The summed E-state index contributed by atoms with van der Waals surface area (Å²) in [5.74, 6) is -1.41. The normalized spacial score (nSPS) is 12.9. The molecule has 0 aliphatic heterocycles. The molecule has 0 aromatic heterocycles. The van der Waals surface area contributed by atoms with E-state index < -0.39 is 24.2 Å². The van der Waals surface area contributed by atoms with E-state index >= 15 is 0 Å². The van der Waals surface area contributed by atoms with Crippen LogP contribution in [-0.2, 0) is 0 Å². The number of phenols is 1. The van der Waals surface area contributed by atoms with Crippen LogP contribution in [0, 0.1) is 5.82 Å². The van der Waals surface area contributed by atoms with Crippen molar-refractivity contribution in [2.24, 2.45) is 5.73 Å². The first-order valence-electron chi connectivity index (χ1n) is 3.61. The lowest BCUT2D eigenvalue weighted by molar-refractivity contribution is 0.264. The molecule has 0 radical (unpaired) electrons. The van der Waals surface area contributed by atoms with Gasteiger partial charge >= 0.3 is 0 Å². The van der Waals surface area contributed by atoms with Crippen LogP contribution in [0.1, 0.15) is 11.6 Å². The Balaban J connectivity index is 3.25. The molecule has 0 saturated carbocycles. The molecule has 0 saturated heterocycles. The second kappa shape index (κ2) is 3.91. The van der Waals surface area contributed by atoms with Crippen LogP contribution in [-0.4, -0.2) is 16.8 Å². The molecule has 5 heteroatoms. The molecule has 0 heterocycles. The molecule has 0 aliphatic carbocycles. The van der Waals surface area contributed by atoms with E-state index in [1.165, 1.54) is 6.07 Å². The Morgan fingerprint density at radius 3 is 2.69 bits per heavy atom. The Morgan fingerprint density at radius 2 is 2.15 bits per heavy atom. The van der Waals surface area contributed by atoms with E-state index in [2.05, 4.69) is 0 Å². The van der Waals surface area contributed by atoms with Gasteiger partial charge < -0.3 is 15.9 Å². The quantitative estimate of drug-likeness (QED) is 0.679. The highest BCUT2D eigenvalue weighted by Crippen LogP contribution is 2.32. The fourth-order valence-corrected chi connectivity index (χ4v) is 1.29. The van der Waals surface area contributed by atoms with Crippen LogP contribution < -0.4 is 5.73 Å². The topological polar surface area (TPSA) is 66.5 Å². The molecule has 1 atom stereocenters. The molecule has 1 aromatic carbocycles. The van der Waals surface area contributed by atoms with E-state index in [1.54, 1.807) is 0 Å². The van der Waals surface area contributed by atoms with E-state index in [0.717, 1.165) is 6.07 Å². The molecule has 0 spiro atoms. The number of aliphatic hydroxyl groups is 1. The first-order valence-corrected chi connectivity index (χ1v) is 3.99. The van der Waals surface area contributed by atoms with E-state index in [9.17, 15) is 9.50 Å². The predicted octanol–water partition coefficient (Wildman–Crippen LogP) is 1.18. The Bertz CT molecular complexity index is 319. The smallest absolute Gasteiger partial charge is 0.165 e. The summed E-state index contributed by atoms with van der Waals surface area (Å²) >= 11 is 5.66. The number of hydrogen-bond acceptors (Lipinski definition) is 3. The zero-order chi connectivity index (χ0) is 10.0. The van der Waals surface area contributed by atoms with Crippen molar-refractivity contribution in [1.29, 1.82) is 0 Å². The molecular formula is C8H9ClFNO2. The minimum atomic E-state index is -0.872. The summed E-state index contributed by atoms with van der Waals surface area (Å²) in [5.41, 5.74) is 5.44. The highest BCUT2D eigenvalue weighted by atomic mass is 35.5. The standard InChI is InChI=1S/C8H9ClFNO2/c9-4-1-2-5(10)8(13)7(4)6(11)3-12/h1-2,6,12-13H,3,11H2/t6-/m0/s1. The number of rotatable bonds is 2. The van der Waals surface area contributed by atoms with Crippen LogP contribution in [0.4, 0.5) is 4.39 Å². The Hall–Kier alpha value is -0.840. The van der Waals surface area contributed by atoms with Crippen molar-refractivity contribution in [1.82, 2.24) is 0 Å². The van der Waals surface area contributed by atoms with E-state index in [4.69, 9.17) is 22.4 Å². The minimum absolute atomic E-state index is 0.0316. The number of hydrogen-bond donors (Lipinski definition) is 3. The van der Waals surface area contributed by atoms with Gasteiger partial charge in [0.2, 0.25) is 0 Å². The van der Waals surface area contributed by atoms with E-state index in [-0.39, 0.29) is 10.6 Å². The molecule has 0 unspecified atom stereocenters. The molecule has 72 valence electrons. The van der Waals surface area contributed by atoms with Gasteiger partial charge in [0.25, 0.3) is 0 Å².